The minimum atomic E-state index is -0.861. The highest BCUT2D eigenvalue weighted by molar-refractivity contribution is 5.91. The van der Waals surface area contributed by atoms with Crippen LogP contribution in [-0.2, 0) is 57.6 Å². The van der Waals surface area contributed by atoms with Crippen LogP contribution in [-0.4, -0.2) is 87.0 Å². The Kier molecular flexibility index (Phi) is 41.3. The van der Waals surface area contributed by atoms with E-state index in [1.165, 1.54) is 12.8 Å². The van der Waals surface area contributed by atoms with Crippen LogP contribution in [0.15, 0.2) is 121 Å². The summed E-state index contributed by atoms with van der Waals surface area (Å²) in [6, 6.07) is 34.6. The third-order valence-corrected chi connectivity index (χ3v) is 12.4. The maximum Gasteiger partial charge on any atom is 0.345 e. The van der Waals surface area contributed by atoms with E-state index in [1.807, 2.05) is 12.1 Å². The lowest BCUT2D eigenvalue weighted by Gasteiger charge is -2.24. The second kappa shape index (κ2) is 43.9. The van der Waals surface area contributed by atoms with Gasteiger partial charge in [-0.05, 0) is 94.0 Å². The lowest BCUT2D eigenvalue weighted by molar-refractivity contribution is -0.302. The molecule has 3 aliphatic rings. The molecule has 7 rings (SSSR count). The van der Waals surface area contributed by atoms with Gasteiger partial charge >= 0.3 is 41.8 Å². The highest BCUT2D eigenvalue weighted by atomic mass is 17.2. The molecule has 0 heterocycles. The summed E-state index contributed by atoms with van der Waals surface area (Å²) < 4.78 is 26.4. The molecule has 4 aromatic carbocycles. The van der Waals surface area contributed by atoms with Gasteiger partial charge < -0.3 is 23.7 Å². The molecular weight excluding hydrogens is 1020 g/mol. The minimum absolute atomic E-state index is 0. The van der Waals surface area contributed by atoms with E-state index < -0.39 is 30.1 Å². The molecule has 1 atom stereocenters. The summed E-state index contributed by atoms with van der Waals surface area (Å²) in [6.45, 7) is 1.80. The molecule has 0 radical (unpaired) electrons. The number of hydrogen-bond donors (Lipinski definition) is 0. The first-order valence-corrected chi connectivity index (χ1v) is 25.9. The van der Waals surface area contributed by atoms with Crippen LogP contribution >= 0.6 is 0 Å². The Bertz CT molecular complexity index is 2220. The van der Waals surface area contributed by atoms with Gasteiger partial charge in [-0.2, -0.15) is 9.78 Å². The topological polar surface area (TPSA) is 203 Å². The van der Waals surface area contributed by atoms with Gasteiger partial charge in [-0.15, -0.1) is 0 Å². The summed E-state index contributed by atoms with van der Waals surface area (Å²) >= 11 is 0. The highest BCUT2D eigenvalue weighted by Crippen LogP contribution is 2.27. The Morgan fingerprint density at radius 1 is 0.388 bits per heavy atom. The fraction of sp³-hybridized carbons (Fsp3) is 0.516. The SMILES string of the molecule is C.C.C.C.C.C.CC(COC(=O)c1ccccc1)OOC(=O)C1CCCCC1.O=C(OCC(COC(=O)c1ccccc1)OC(=O)C1CCCCC1)c1ccccc1.O=C(OCCCOOC(=O)C1CCCCC1)c1ccccc1. The molecule has 0 saturated heterocycles. The number of esters is 5. The Labute approximate surface area is 477 Å². The fourth-order valence-corrected chi connectivity index (χ4v) is 8.23. The minimum Gasteiger partial charge on any atom is -0.462 e. The van der Waals surface area contributed by atoms with Crippen LogP contribution in [0.2, 0.25) is 0 Å². The quantitative estimate of drug-likeness (QED) is 0.0250. The molecule has 0 aromatic heterocycles. The molecular formula is C64H94O16. The molecule has 16 nitrogen and oxygen atoms in total. The third-order valence-electron chi connectivity index (χ3n) is 12.4. The molecule has 1 unspecified atom stereocenters. The second-order valence-electron chi connectivity index (χ2n) is 18.3. The zero-order chi connectivity index (χ0) is 52.6. The van der Waals surface area contributed by atoms with Gasteiger partial charge in [0.05, 0.1) is 53.2 Å². The van der Waals surface area contributed by atoms with E-state index in [9.17, 15) is 33.6 Å². The zero-order valence-electron chi connectivity index (χ0n) is 42.3. The first kappa shape index (κ1) is 75.2. The van der Waals surface area contributed by atoms with Crippen molar-refractivity contribution >= 4 is 41.8 Å². The van der Waals surface area contributed by atoms with Gasteiger partial charge in [-0.25, -0.2) is 28.8 Å². The van der Waals surface area contributed by atoms with Crippen LogP contribution in [0.25, 0.3) is 0 Å². The Balaban J connectivity index is 0. The number of rotatable bonds is 21. The maximum atomic E-state index is 12.5. The molecule has 4 aromatic rings. The Hall–Kier alpha value is -6.91. The van der Waals surface area contributed by atoms with Crippen molar-refractivity contribution in [3.63, 3.8) is 0 Å². The zero-order valence-corrected chi connectivity index (χ0v) is 42.3. The Morgan fingerprint density at radius 3 is 1.06 bits per heavy atom. The van der Waals surface area contributed by atoms with Crippen molar-refractivity contribution in [1.29, 1.82) is 0 Å². The van der Waals surface area contributed by atoms with E-state index in [-0.39, 0.29) is 119 Å². The number of carbonyl (C=O) groups is 7. The molecule has 0 aliphatic heterocycles. The summed E-state index contributed by atoms with van der Waals surface area (Å²) in [5.74, 6) is -3.00. The molecule has 0 spiro atoms. The van der Waals surface area contributed by atoms with Gasteiger partial charge in [0.1, 0.15) is 25.9 Å². The molecule has 3 fully saturated rings. The van der Waals surface area contributed by atoms with Gasteiger partial charge in [0.2, 0.25) is 0 Å². The van der Waals surface area contributed by atoms with Crippen LogP contribution < -0.4 is 0 Å². The molecule has 3 saturated carbocycles. The standard InChI is InChI=1S/C24H26O6.2C17H22O5.6CH4/c25-22(18-10-4-1-5-11-18)28-16-21(30-24(27)20-14-8-3-9-15-20)17-29-23(26)19-12-6-2-7-13-19;1-13(12-20-16(18)14-8-4-2-5-9-14)21-22-17(19)15-10-6-3-7-11-15;18-16(14-8-3-1-4-9-14)20-12-7-13-21-22-17(19)15-10-5-2-6-11-15;;;;;;/h1-2,4-7,10-13,20-21H,3,8-9,14-17H2;2,4-5,8-9,13,15H,3,6-7,10-12H2,1H3;1,3-4,8-9,15H,2,5-7,10-13H2;6*1H4. The molecule has 3 aliphatic carbocycles. The van der Waals surface area contributed by atoms with Gasteiger partial charge in [0, 0.05) is 6.42 Å². The largest absolute Gasteiger partial charge is 0.462 e. The smallest absolute Gasteiger partial charge is 0.345 e. The first-order chi connectivity index (χ1) is 36.1. The van der Waals surface area contributed by atoms with Gasteiger partial charge in [0.15, 0.2) is 6.10 Å². The van der Waals surface area contributed by atoms with Crippen molar-refractivity contribution in [3.8, 4) is 0 Å². The van der Waals surface area contributed by atoms with Crippen LogP contribution in [0, 0.1) is 17.8 Å². The van der Waals surface area contributed by atoms with Gasteiger partial charge in [-0.3, -0.25) is 14.6 Å². The van der Waals surface area contributed by atoms with Crippen LogP contribution in [0.3, 0.4) is 0 Å². The number of hydrogen-bond acceptors (Lipinski definition) is 16. The van der Waals surface area contributed by atoms with Crippen molar-refractivity contribution in [3.05, 3.63) is 144 Å². The first-order valence-electron chi connectivity index (χ1n) is 25.9. The average Bonchev–Trinajstić information content (AvgIpc) is 3.47. The van der Waals surface area contributed by atoms with Crippen LogP contribution in [0.4, 0.5) is 0 Å². The molecule has 16 heteroatoms. The molecule has 0 bridgehead atoms. The van der Waals surface area contributed by atoms with E-state index in [1.54, 1.807) is 116 Å². The summed E-state index contributed by atoms with van der Waals surface area (Å²) in [5, 5.41) is 0. The van der Waals surface area contributed by atoms with Crippen molar-refractivity contribution in [2.24, 2.45) is 17.8 Å². The van der Waals surface area contributed by atoms with Crippen molar-refractivity contribution in [2.75, 3.05) is 33.0 Å². The van der Waals surface area contributed by atoms with E-state index >= 15 is 0 Å². The van der Waals surface area contributed by atoms with Crippen molar-refractivity contribution in [2.45, 2.75) is 166 Å². The number of benzene rings is 4. The van der Waals surface area contributed by atoms with Crippen molar-refractivity contribution in [1.82, 2.24) is 0 Å². The summed E-state index contributed by atoms with van der Waals surface area (Å²) in [6.07, 6.45) is 14.0. The normalized spacial score (nSPS) is 14.1. The van der Waals surface area contributed by atoms with Gasteiger partial charge in [-0.1, -0.05) is 175 Å². The molecule has 0 N–H and O–H groups in total. The van der Waals surface area contributed by atoms with E-state index in [4.69, 9.17) is 43.2 Å². The Morgan fingerprint density at radius 2 is 0.700 bits per heavy atom. The third kappa shape index (κ3) is 28.8. The average molecular weight is 1120 g/mol. The highest BCUT2D eigenvalue weighted by Gasteiger charge is 2.28. The molecule has 446 valence electrons. The number of ether oxygens (including phenoxy) is 5. The number of carbonyl (C=O) groups excluding carboxylic acids is 7. The predicted octanol–water partition coefficient (Wildman–Crippen LogP) is 14.6. The van der Waals surface area contributed by atoms with E-state index in [0.29, 0.717) is 28.7 Å². The monoisotopic (exact) mass is 1120 g/mol. The lowest BCUT2D eigenvalue weighted by Crippen LogP contribution is -2.33. The van der Waals surface area contributed by atoms with Gasteiger partial charge in [0.25, 0.3) is 0 Å². The lowest BCUT2D eigenvalue weighted by atomic mass is 9.89. The second-order valence-corrected chi connectivity index (χ2v) is 18.3. The molecule has 80 heavy (non-hydrogen) atoms. The van der Waals surface area contributed by atoms with Crippen LogP contribution in [0.5, 0.6) is 0 Å². The van der Waals surface area contributed by atoms with E-state index in [0.717, 1.165) is 83.5 Å². The maximum absolute atomic E-state index is 12.5. The summed E-state index contributed by atoms with van der Waals surface area (Å²) in [4.78, 5) is 103. The van der Waals surface area contributed by atoms with Crippen LogP contribution in [0.1, 0.15) is 196 Å². The van der Waals surface area contributed by atoms with E-state index in [2.05, 4.69) is 0 Å². The summed E-state index contributed by atoms with van der Waals surface area (Å²) in [5.41, 5.74) is 1.80. The summed E-state index contributed by atoms with van der Waals surface area (Å²) in [7, 11) is 0. The predicted molar refractivity (Wildman–Crippen MR) is 310 cm³/mol. The fourth-order valence-electron chi connectivity index (χ4n) is 8.23. The molecule has 0 amide bonds. The van der Waals surface area contributed by atoms with Crippen molar-refractivity contribution < 1.29 is 76.8 Å².